The van der Waals surface area contributed by atoms with Gasteiger partial charge in [0.05, 0.1) is 6.54 Å². The van der Waals surface area contributed by atoms with Crippen LogP contribution in [0, 0.1) is 5.92 Å². The number of rotatable bonds is 8. The Labute approximate surface area is 176 Å². The number of hydrogen-bond acceptors (Lipinski definition) is 4. The lowest BCUT2D eigenvalue weighted by Gasteiger charge is -2.26. The minimum Gasteiger partial charge on any atom is -0.318 e. The molecule has 1 fully saturated rings. The van der Waals surface area contributed by atoms with Gasteiger partial charge in [-0.1, -0.05) is 81.4 Å². The average Bonchev–Trinajstić information content (AvgIpc) is 3.00. The van der Waals surface area contributed by atoms with Crippen LogP contribution in [0.25, 0.3) is 0 Å². The van der Waals surface area contributed by atoms with Crippen LogP contribution >= 0.6 is 0 Å². The van der Waals surface area contributed by atoms with E-state index in [4.69, 9.17) is 0 Å². The van der Waals surface area contributed by atoms with Crippen LogP contribution in [-0.2, 0) is 15.1 Å². The number of amides is 4. The molecule has 0 unspecified atom stereocenters. The van der Waals surface area contributed by atoms with E-state index in [-0.39, 0.29) is 18.5 Å². The van der Waals surface area contributed by atoms with Crippen LogP contribution in [0.3, 0.4) is 0 Å². The number of benzene rings is 2. The Morgan fingerprint density at radius 3 is 2.20 bits per heavy atom. The van der Waals surface area contributed by atoms with Crippen molar-refractivity contribution in [1.82, 2.24) is 21.1 Å². The van der Waals surface area contributed by atoms with Crippen molar-refractivity contribution >= 4 is 17.8 Å². The Bertz CT molecular complexity index is 901. The molecule has 4 amide bonds. The molecule has 0 saturated carbocycles. The SMILES string of the molecule is CC[C@]1(c2ccccc2)NC(=O)N(NC(=O)CN[C@H](c2ccccc2)C(C)C)C1=O. The second-order valence-electron chi connectivity index (χ2n) is 7.74. The summed E-state index contributed by atoms with van der Waals surface area (Å²) in [6.45, 7) is 5.93. The summed E-state index contributed by atoms with van der Waals surface area (Å²) in [5.41, 5.74) is 3.03. The standard InChI is InChI=1S/C23H28N4O3/c1-4-23(18-13-9-6-10-14-18)21(29)27(22(30)25-23)26-19(28)15-24-20(16(2)3)17-11-7-5-8-12-17/h5-14,16,20,24H,4,15H2,1-3H3,(H,25,30)(H,26,28)/t20-,23+/m0/s1. The molecule has 7 heteroatoms. The molecule has 0 aliphatic carbocycles. The molecule has 1 saturated heterocycles. The molecule has 2 atom stereocenters. The molecule has 0 aromatic heterocycles. The van der Waals surface area contributed by atoms with Crippen LogP contribution in [0.4, 0.5) is 4.79 Å². The Morgan fingerprint density at radius 1 is 1.03 bits per heavy atom. The fourth-order valence-electron chi connectivity index (χ4n) is 3.80. The summed E-state index contributed by atoms with van der Waals surface area (Å²) in [6, 6.07) is 18.2. The van der Waals surface area contributed by atoms with Gasteiger partial charge in [0.25, 0.3) is 11.8 Å². The predicted octanol–water partition coefficient (Wildman–Crippen LogP) is 2.86. The van der Waals surface area contributed by atoms with Gasteiger partial charge in [-0.3, -0.25) is 15.0 Å². The van der Waals surface area contributed by atoms with Crippen LogP contribution in [0.2, 0.25) is 0 Å². The Balaban J connectivity index is 1.68. The number of carbonyl (C=O) groups excluding carboxylic acids is 3. The van der Waals surface area contributed by atoms with E-state index in [2.05, 4.69) is 29.9 Å². The molecular formula is C23H28N4O3. The fraction of sp³-hybridized carbons (Fsp3) is 0.348. The third-order valence-electron chi connectivity index (χ3n) is 5.43. The normalized spacial score (nSPS) is 19.7. The first-order chi connectivity index (χ1) is 14.4. The summed E-state index contributed by atoms with van der Waals surface area (Å²) in [5, 5.41) is 6.76. The van der Waals surface area contributed by atoms with Crippen molar-refractivity contribution in [2.24, 2.45) is 5.92 Å². The van der Waals surface area contributed by atoms with Gasteiger partial charge in [-0.15, -0.1) is 0 Å². The first-order valence-corrected chi connectivity index (χ1v) is 10.2. The lowest BCUT2D eigenvalue weighted by molar-refractivity contribution is -0.139. The van der Waals surface area contributed by atoms with E-state index < -0.39 is 23.4 Å². The third-order valence-corrected chi connectivity index (χ3v) is 5.43. The maximum Gasteiger partial charge on any atom is 0.344 e. The Morgan fingerprint density at radius 2 is 1.63 bits per heavy atom. The van der Waals surface area contributed by atoms with Gasteiger partial charge in [0, 0.05) is 6.04 Å². The van der Waals surface area contributed by atoms with E-state index in [1.54, 1.807) is 12.1 Å². The fourth-order valence-corrected chi connectivity index (χ4v) is 3.80. The van der Waals surface area contributed by atoms with E-state index in [9.17, 15) is 14.4 Å². The number of hydrogen-bond donors (Lipinski definition) is 3. The average molecular weight is 409 g/mol. The second-order valence-corrected chi connectivity index (χ2v) is 7.74. The summed E-state index contributed by atoms with van der Waals surface area (Å²) >= 11 is 0. The van der Waals surface area contributed by atoms with Crippen molar-refractivity contribution in [3.05, 3.63) is 71.8 Å². The Hall–Kier alpha value is -3.19. The van der Waals surface area contributed by atoms with Crippen molar-refractivity contribution < 1.29 is 14.4 Å². The molecule has 3 N–H and O–H groups in total. The smallest absolute Gasteiger partial charge is 0.318 e. The van der Waals surface area contributed by atoms with Crippen molar-refractivity contribution in [1.29, 1.82) is 0 Å². The van der Waals surface area contributed by atoms with Crippen LogP contribution in [0.1, 0.15) is 44.4 Å². The summed E-state index contributed by atoms with van der Waals surface area (Å²) in [7, 11) is 0. The lowest BCUT2D eigenvalue weighted by atomic mass is 9.87. The largest absolute Gasteiger partial charge is 0.344 e. The quantitative estimate of drug-likeness (QED) is 0.586. The summed E-state index contributed by atoms with van der Waals surface area (Å²) in [6.07, 6.45) is 0.371. The van der Waals surface area contributed by atoms with Crippen molar-refractivity contribution in [3.63, 3.8) is 0 Å². The van der Waals surface area contributed by atoms with Crippen LogP contribution in [0.5, 0.6) is 0 Å². The molecule has 30 heavy (non-hydrogen) atoms. The molecule has 0 bridgehead atoms. The predicted molar refractivity (Wildman–Crippen MR) is 114 cm³/mol. The topological polar surface area (TPSA) is 90.5 Å². The summed E-state index contributed by atoms with van der Waals surface area (Å²) in [4.78, 5) is 38.1. The van der Waals surface area contributed by atoms with Gasteiger partial charge in [-0.25, -0.2) is 4.79 Å². The number of nitrogens with one attached hydrogen (secondary N) is 3. The van der Waals surface area contributed by atoms with Gasteiger partial charge in [0.2, 0.25) is 0 Å². The van der Waals surface area contributed by atoms with Gasteiger partial charge >= 0.3 is 6.03 Å². The molecule has 1 heterocycles. The van der Waals surface area contributed by atoms with Gasteiger partial charge < -0.3 is 10.6 Å². The zero-order chi connectivity index (χ0) is 21.7. The molecule has 0 spiro atoms. The van der Waals surface area contributed by atoms with E-state index in [1.165, 1.54) is 0 Å². The molecule has 1 aliphatic heterocycles. The van der Waals surface area contributed by atoms with Crippen molar-refractivity contribution in [2.75, 3.05) is 6.54 Å². The zero-order valence-electron chi connectivity index (χ0n) is 17.5. The third kappa shape index (κ3) is 4.21. The van der Waals surface area contributed by atoms with Gasteiger partial charge in [-0.2, -0.15) is 5.01 Å². The van der Waals surface area contributed by atoms with Gasteiger partial charge in [-0.05, 0) is 23.5 Å². The van der Waals surface area contributed by atoms with Crippen LogP contribution in [-0.4, -0.2) is 29.4 Å². The zero-order valence-corrected chi connectivity index (χ0v) is 17.5. The highest BCUT2D eigenvalue weighted by Gasteiger charge is 2.52. The van der Waals surface area contributed by atoms with Crippen LogP contribution in [0.15, 0.2) is 60.7 Å². The molecule has 2 aromatic rings. The lowest BCUT2D eigenvalue weighted by Crippen LogP contribution is -2.51. The maximum atomic E-state index is 13.1. The summed E-state index contributed by atoms with van der Waals surface area (Å²) in [5.74, 6) is -0.694. The molecule has 3 rings (SSSR count). The van der Waals surface area contributed by atoms with E-state index >= 15 is 0 Å². The van der Waals surface area contributed by atoms with Crippen molar-refractivity contribution in [3.8, 4) is 0 Å². The first kappa shape index (κ1) is 21.5. The van der Waals surface area contributed by atoms with Gasteiger partial charge in [0.15, 0.2) is 0 Å². The summed E-state index contributed by atoms with van der Waals surface area (Å²) < 4.78 is 0. The number of imide groups is 1. The number of urea groups is 1. The molecule has 158 valence electrons. The first-order valence-electron chi connectivity index (χ1n) is 10.2. The molecular weight excluding hydrogens is 380 g/mol. The number of hydrazine groups is 1. The Kier molecular flexibility index (Phi) is 6.52. The van der Waals surface area contributed by atoms with Crippen LogP contribution < -0.4 is 16.1 Å². The highest BCUT2D eigenvalue weighted by atomic mass is 16.2. The molecule has 7 nitrogen and oxygen atoms in total. The monoisotopic (exact) mass is 408 g/mol. The molecule has 2 aromatic carbocycles. The van der Waals surface area contributed by atoms with E-state index in [0.717, 1.165) is 10.6 Å². The highest BCUT2D eigenvalue weighted by Crippen LogP contribution is 2.31. The second kappa shape index (κ2) is 9.09. The highest BCUT2D eigenvalue weighted by molar-refractivity contribution is 6.08. The number of nitrogens with zero attached hydrogens (tertiary/aromatic N) is 1. The molecule has 0 radical (unpaired) electrons. The van der Waals surface area contributed by atoms with Gasteiger partial charge in [0.1, 0.15) is 5.54 Å². The number of carbonyl (C=O) groups is 3. The maximum absolute atomic E-state index is 13.1. The van der Waals surface area contributed by atoms with Crippen molar-refractivity contribution in [2.45, 2.75) is 38.8 Å². The van der Waals surface area contributed by atoms with E-state index in [1.807, 2.05) is 55.5 Å². The molecule has 1 aliphatic rings. The minimum absolute atomic E-state index is 0.0285. The van der Waals surface area contributed by atoms with E-state index in [0.29, 0.717) is 12.0 Å². The minimum atomic E-state index is -1.18.